The molecule has 0 aliphatic carbocycles. The summed E-state index contributed by atoms with van der Waals surface area (Å²) in [5.74, 6) is 0. The van der Waals surface area contributed by atoms with Crippen LogP contribution in [0.25, 0.3) is 0 Å². The molecule has 1 aromatic rings. The fraction of sp³-hybridized carbons (Fsp3) is 0.500. The largest absolute Gasteiger partial charge is 0.326 e. The second-order valence-electron chi connectivity index (χ2n) is 1.94. The number of aromatic nitrogens is 1. The predicted molar refractivity (Wildman–Crippen MR) is 46.7 cm³/mol. The molecular formula is C6H10N2S2. The topological polar surface area (TPSA) is 30.9 Å². The van der Waals surface area contributed by atoms with Gasteiger partial charge in [-0.3, -0.25) is 0 Å². The Morgan fingerprint density at radius 3 is 2.90 bits per heavy atom. The Kier molecular flexibility index (Phi) is 2.59. The smallest absolute Gasteiger partial charge is 0.161 e. The minimum atomic E-state index is 0.584. The summed E-state index contributed by atoms with van der Waals surface area (Å²) in [5.41, 5.74) is 6.62. The third-order valence-electron chi connectivity index (χ3n) is 1.39. The van der Waals surface area contributed by atoms with Crippen LogP contribution in [-0.4, -0.2) is 4.57 Å². The van der Waals surface area contributed by atoms with E-state index in [4.69, 9.17) is 18.0 Å². The Morgan fingerprint density at radius 2 is 2.50 bits per heavy atom. The molecule has 10 heavy (non-hydrogen) atoms. The Balaban J connectivity index is 3.13. The molecule has 0 amide bonds. The fourth-order valence-corrected chi connectivity index (χ4v) is 2.08. The number of hydrogen-bond donors (Lipinski definition) is 1. The predicted octanol–water partition coefficient (Wildman–Crippen LogP) is 1.76. The zero-order valence-corrected chi connectivity index (χ0v) is 7.47. The van der Waals surface area contributed by atoms with Gasteiger partial charge in [-0.15, -0.1) is 11.3 Å². The van der Waals surface area contributed by atoms with Gasteiger partial charge in [0.2, 0.25) is 0 Å². The van der Waals surface area contributed by atoms with E-state index in [-0.39, 0.29) is 0 Å². The highest BCUT2D eigenvalue weighted by Gasteiger charge is 1.97. The van der Waals surface area contributed by atoms with Gasteiger partial charge in [-0.2, -0.15) is 0 Å². The van der Waals surface area contributed by atoms with Crippen molar-refractivity contribution >= 4 is 23.6 Å². The zero-order chi connectivity index (χ0) is 7.56. The van der Waals surface area contributed by atoms with Crippen LogP contribution in [0.2, 0.25) is 0 Å². The van der Waals surface area contributed by atoms with Gasteiger partial charge in [-0.05, 0) is 19.1 Å². The van der Waals surface area contributed by atoms with Crippen molar-refractivity contribution in [2.24, 2.45) is 5.73 Å². The Morgan fingerprint density at radius 1 is 1.80 bits per heavy atom. The minimum Gasteiger partial charge on any atom is -0.326 e. The SMILES string of the molecule is CCn1c(CN)csc1=S. The van der Waals surface area contributed by atoms with E-state index in [1.165, 1.54) is 0 Å². The highest BCUT2D eigenvalue weighted by atomic mass is 32.1. The molecule has 0 saturated carbocycles. The van der Waals surface area contributed by atoms with Crippen LogP contribution in [0.4, 0.5) is 0 Å². The summed E-state index contributed by atoms with van der Waals surface area (Å²) in [4.78, 5) is 0. The van der Waals surface area contributed by atoms with Crippen molar-refractivity contribution in [2.75, 3.05) is 0 Å². The van der Waals surface area contributed by atoms with Gasteiger partial charge in [0, 0.05) is 24.2 Å². The maximum absolute atomic E-state index is 5.48. The first kappa shape index (κ1) is 7.91. The molecule has 2 nitrogen and oxygen atoms in total. The average molecular weight is 174 g/mol. The van der Waals surface area contributed by atoms with E-state index in [9.17, 15) is 0 Å². The lowest BCUT2D eigenvalue weighted by molar-refractivity contribution is 0.710. The van der Waals surface area contributed by atoms with Crippen molar-refractivity contribution in [3.63, 3.8) is 0 Å². The first-order valence-electron chi connectivity index (χ1n) is 3.16. The average Bonchev–Trinajstić information content (AvgIpc) is 2.30. The molecule has 0 atom stereocenters. The van der Waals surface area contributed by atoms with Crippen molar-refractivity contribution in [1.82, 2.24) is 4.57 Å². The van der Waals surface area contributed by atoms with E-state index in [2.05, 4.69) is 11.5 Å². The third kappa shape index (κ3) is 1.28. The molecule has 0 bridgehead atoms. The first-order valence-corrected chi connectivity index (χ1v) is 4.45. The van der Waals surface area contributed by atoms with Gasteiger partial charge in [0.15, 0.2) is 3.95 Å². The molecule has 4 heteroatoms. The molecule has 0 unspecified atom stereocenters. The Bertz CT molecular complexity index is 261. The highest BCUT2D eigenvalue weighted by molar-refractivity contribution is 7.73. The molecule has 1 rings (SSSR count). The van der Waals surface area contributed by atoms with Crippen LogP contribution in [0.1, 0.15) is 12.6 Å². The summed E-state index contributed by atoms with van der Waals surface area (Å²) in [6.07, 6.45) is 0. The molecule has 56 valence electrons. The Labute approximate surface area is 69.3 Å². The van der Waals surface area contributed by atoms with Gasteiger partial charge in [-0.25, -0.2) is 0 Å². The maximum Gasteiger partial charge on any atom is 0.161 e. The van der Waals surface area contributed by atoms with Crippen LogP contribution >= 0.6 is 23.6 Å². The molecule has 2 N–H and O–H groups in total. The molecule has 0 spiro atoms. The summed E-state index contributed by atoms with van der Waals surface area (Å²) in [7, 11) is 0. The van der Waals surface area contributed by atoms with Crippen molar-refractivity contribution in [2.45, 2.75) is 20.0 Å². The van der Waals surface area contributed by atoms with Gasteiger partial charge >= 0.3 is 0 Å². The summed E-state index contributed by atoms with van der Waals surface area (Å²) in [6, 6.07) is 0. The van der Waals surface area contributed by atoms with Crippen LogP contribution < -0.4 is 5.73 Å². The van der Waals surface area contributed by atoms with Crippen molar-refractivity contribution in [3.8, 4) is 0 Å². The van der Waals surface area contributed by atoms with E-state index in [1.807, 2.05) is 5.38 Å². The van der Waals surface area contributed by atoms with Crippen LogP contribution in [-0.2, 0) is 13.1 Å². The maximum atomic E-state index is 5.48. The molecule has 1 aromatic heterocycles. The van der Waals surface area contributed by atoms with Crippen LogP contribution in [0.5, 0.6) is 0 Å². The number of nitrogens with zero attached hydrogens (tertiary/aromatic N) is 1. The zero-order valence-electron chi connectivity index (χ0n) is 5.83. The van der Waals surface area contributed by atoms with E-state index < -0.39 is 0 Å². The summed E-state index contributed by atoms with van der Waals surface area (Å²) >= 11 is 6.64. The van der Waals surface area contributed by atoms with Gasteiger partial charge in [-0.1, -0.05) is 0 Å². The van der Waals surface area contributed by atoms with Crippen molar-refractivity contribution < 1.29 is 0 Å². The number of nitrogens with two attached hydrogens (primary N) is 1. The van der Waals surface area contributed by atoms with Gasteiger partial charge in [0.25, 0.3) is 0 Å². The third-order valence-corrected chi connectivity index (χ3v) is 2.71. The monoisotopic (exact) mass is 174 g/mol. The number of thiazole rings is 1. The summed E-state index contributed by atoms with van der Waals surface area (Å²) < 4.78 is 2.97. The fourth-order valence-electron chi connectivity index (χ4n) is 0.853. The van der Waals surface area contributed by atoms with Crippen LogP contribution in [0, 0.1) is 3.95 Å². The molecule has 0 aromatic carbocycles. The summed E-state index contributed by atoms with van der Waals surface area (Å²) in [6.45, 7) is 3.58. The molecule has 0 fully saturated rings. The molecule has 0 aliphatic heterocycles. The van der Waals surface area contributed by atoms with Gasteiger partial charge in [0.1, 0.15) is 0 Å². The normalized spacial score (nSPS) is 10.2. The first-order chi connectivity index (χ1) is 4.79. The van der Waals surface area contributed by atoms with E-state index in [1.54, 1.807) is 11.3 Å². The van der Waals surface area contributed by atoms with Crippen LogP contribution in [0.15, 0.2) is 5.38 Å². The molecule has 0 aliphatic rings. The lowest BCUT2D eigenvalue weighted by Gasteiger charge is -2.00. The second-order valence-corrected chi connectivity index (χ2v) is 3.44. The second kappa shape index (κ2) is 3.27. The van der Waals surface area contributed by atoms with Gasteiger partial charge < -0.3 is 10.3 Å². The molecule has 0 saturated heterocycles. The van der Waals surface area contributed by atoms with E-state index in [0.29, 0.717) is 6.54 Å². The molecular weight excluding hydrogens is 164 g/mol. The highest BCUT2D eigenvalue weighted by Crippen LogP contribution is 2.09. The summed E-state index contributed by atoms with van der Waals surface area (Å²) in [5, 5.41) is 2.02. The van der Waals surface area contributed by atoms with E-state index in [0.717, 1.165) is 16.2 Å². The van der Waals surface area contributed by atoms with Crippen LogP contribution in [0.3, 0.4) is 0 Å². The minimum absolute atomic E-state index is 0.584. The Hall–Kier alpha value is -0.190. The van der Waals surface area contributed by atoms with E-state index >= 15 is 0 Å². The van der Waals surface area contributed by atoms with Crippen molar-refractivity contribution in [1.29, 1.82) is 0 Å². The molecule has 1 heterocycles. The number of rotatable bonds is 2. The van der Waals surface area contributed by atoms with Gasteiger partial charge in [0.05, 0.1) is 0 Å². The molecule has 0 radical (unpaired) electrons. The lowest BCUT2D eigenvalue weighted by Crippen LogP contribution is -2.05. The number of hydrogen-bond acceptors (Lipinski definition) is 3. The lowest BCUT2D eigenvalue weighted by atomic mass is 10.5. The quantitative estimate of drug-likeness (QED) is 0.693. The van der Waals surface area contributed by atoms with Crippen molar-refractivity contribution in [3.05, 3.63) is 15.0 Å². The standard InChI is InChI=1S/C6H10N2S2/c1-2-8-5(3-7)4-10-6(8)9/h4H,2-3,7H2,1H3.